The monoisotopic (exact) mass is 451 g/mol. The zero-order valence-electron chi connectivity index (χ0n) is 17.9. The zero-order chi connectivity index (χ0) is 21.9. The molecule has 166 valence electrons. The minimum absolute atomic E-state index is 0.0109. The Hall–Kier alpha value is -3.13. The molecule has 0 saturated heterocycles. The number of rotatable bonds is 6. The summed E-state index contributed by atoms with van der Waals surface area (Å²) in [5, 5.41) is 3.97. The maximum atomic E-state index is 12.7. The van der Waals surface area contributed by atoms with Gasteiger partial charge in [-0.3, -0.25) is 4.79 Å². The minimum Gasteiger partial charge on any atom is -0.493 e. The van der Waals surface area contributed by atoms with Crippen LogP contribution in [0, 0.1) is 0 Å². The smallest absolute Gasteiger partial charge is 0.230 e. The Balaban J connectivity index is 1.27. The third-order valence-corrected chi connectivity index (χ3v) is 6.59. The predicted molar refractivity (Wildman–Crippen MR) is 122 cm³/mol. The third-order valence-electron chi connectivity index (χ3n) is 5.60. The Kier molecular flexibility index (Phi) is 5.94. The number of carbonyl (C=O) groups excluding carboxylic acids is 1. The van der Waals surface area contributed by atoms with Gasteiger partial charge in [-0.15, -0.1) is 0 Å². The highest BCUT2D eigenvalue weighted by atomic mass is 32.2. The van der Waals surface area contributed by atoms with E-state index in [2.05, 4.69) is 21.8 Å². The van der Waals surface area contributed by atoms with Crippen molar-refractivity contribution in [3.8, 4) is 28.5 Å². The van der Waals surface area contributed by atoms with Gasteiger partial charge in [0, 0.05) is 24.1 Å². The first kappa shape index (κ1) is 20.8. The molecule has 2 aliphatic rings. The summed E-state index contributed by atoms with van der Waals surface area (Å²) in [5.74, 6) is 2.66. The van der Waals surface area contributed by atoms with E-state index in [0.29, 0.717) is 25.6 Å². The molecular weight excluding hydrogens is 426 g/mol. The summed E-state index contributed by atoms with van der Waals surface area (Å²) in [6.45, 7) is 4.56. The van der Waals surface area contributed by atoms with Crippen LogP contribution in [0.2, 0.25) is 0 Å². The summed E-state index contributed by atoms with van der Waals surface area (Å²) < 4.78 is 19.1. The van der Waals surface area contributed by atoms with Crippen molar-refractivity contribution in [2.45, 2.75) is 31.1 Å². The van der Waals surface area contributed by atoms with Crippen molar-refractivity contribution in [3.05, 3.63) is 54.2 Å². The largest absolute Gasteiger partial charge is 0.493 e. The van der Waals surface area contributed by atoms with Crippen molar-refractivity contribution >= 4 is 17.7 Å². The van der Waals surface area contributed by atoms with E-state index in [-0.39, 0.29) is 11.9 Å². The summed E-state index contributed by atoms with van der Waals surface area (Å²) in [7, 11) is 0. The predicted octanol–water partition coefficient (Wildman–Crippen LogP) is 4.07. The first-order valence-corrected chi connectivity index (χ1v) is 11.8. The van der Waals surface area contributed by atoms with Crippen LogP contribution in [0.4, 0.5) is 0 Å². The van der Waals surface area contributed by atoms with Crippen LogP contribution in [-0.2, 0) is 11.3 Å². The number of hydrogen-bond acceptors (Lipinski definition) is 6. The molecule has 7 nitrogen and oxygen atoms in total. The number of thioether (sulfide) groups is 1. The van der Waals surface area contributed by atoms with Crippen molar-refractivity contribution in [1.82, 2.24) is 14.9 Å². The fourth-order valence-electron chi connectivity index (χ4n) is 4.07. The van der Waals surface area contributed by atoms with Crippen LogP contribution in [0.25, 0.3) is 11.3 Å². The molecule has 3 aromatic rings. The molecule has 3 heterocycles. The van der Waals surface area contributed by atoms with E-state index in [9.17, 15) is 4.79 Å². The molecule has 1 atom stereocenters. The van der Waals surface area contributed by atoms with Crippen LogP contribution in [0.15, 0.2) is 53.8 Å². The van der Waals surface area contributed by atoms with Crippen LogP contribution < -0.4 is 19.5 Å². The van der Waals surface area contributed by atoms with Crippen LogP contribution >= 0.6 is 11.8 Å². The summed E-state index contributed by atoms with van der Waals surface area (Å²) >= 11 is 1.45. The molecule has 32 heavy (non-hydrogen) atoms. The van der Waals surface area contributed by atoms with Crippen LogP contribution in [0.1, 0.15) is 24.9 Å². The standard InChI is InChI=1S/C24H25N3O4S/c1-2-27-19(16-7-8-21-22(13-16)31-12-11-30-21)14-25-24(27)32-15-23(28)26-18-9-10-29-20-6-4-3-5-17(18)20/h3-8,13-14,18H,2,9-12,15H2,1H3,(H,26,28)/t18-/m1/s1. The molecule has 0 saturated carbocycles. The van der Waals surface area contributed by atoms with E-state index in [4.69, 9.17) is 14.2 Å². The molecule has 1 aromatic heterocycles. The maximum Gasteiger partial charge on any atom is 0.230 e. The highest BCUT2D eigenvalue weighted by Gasteiger charge is 2.23. The molecule has 2 aromatic carbocycles. The number of fused-ring (bicyclic) bond motifs is 2. The number of nitrogens with one attached hydrogen (secondary N) is 1. The van der Waals surface area contributed by atoms with Gasteiger partial charge in [-0.2, -0.15) is 0 Å². The first-order valence-electron chi connectivity index (χ1n) is 10.8. The van der Waals surface area contributed by atoms with E-state index in [1.165, 1.54) is 11.8 Å². The third kappa shape index (κ3) is 4.14. The summed E-state index contributed by atoms with van der Waals surface area (Å²) in [6, 6.07) is 13.8. The van der Waals surface area contributed by atoms with E-state index in [1.807, 2.05) is 48.7 Å². The van der Waals surface area contributed by atoms with Crippen LogP contribution in [0.3, 0.4) is 0 Å². The summed E-state index contributed by atoms with van der Waals surface area (Å²) in [5.41, 5.74) is 3.04. The number of aromatic nitrogens is 2. The number of carbonyl (C=O) groups is 1. The molecule has 0 bridgehead atoms. The number of para-hydroxylation sites is 1. The van der Waals surface area contributed by atoms with Gasteiger partial charge in [0.05, 0.1) is 30.3 Å². The lowest BCUT2D eigenvalue weighted by Crippen LogP contribution is -2.33. The number of nitrogens with zero attached hydrogens (tertiary/aromatic N) is 2. The average Bonchev–Trinajstić information content (AvgIpc) is 3.25. The van der Waals surface area contributed by atoms with Gasteiger partial charge in [-0.1, -0.05) is 30.0 Å². The number of ether oxygens (including phenoxy) is 3. The minimum atomic E-state index is -0.0211. The van der Waals surface area contributed by atoms with Gasteiger partial charge in [-0.25, -0.2) is 4.98 Å². The Morgan fingerprint density at radius 2 is 1.91 bits per heavy atom. The molecular formula is C24H25N3O4S. The van der Waals surface area contributed by atoms with Gasteiger partial charge < -0.3 is 24.1 Å². The molecule has 0 unspecified atom stereocenters. The fourth-order valence-corrected chi connectivity index (χ4v) is 4.92. The van der Waals surface area contributed by atoms with E-state index < -0.39 is 0 Å². The van der Waals surface area contributed by atoms with Gasteiger partial charge in [0.2, 0.25) is 5.91 Å². The molecule has 0 aliphatic carbocycles. The van der Waals surface area contributed by atoms with E-state index in [0.717, 1.165) is 52.2 Å². The zero-order valence-corrected chi connectivity index (χ0v) is 18.7. The van der Waals surface area contributed by atoms with Gasteiger partial charge >= 0.3 is 0 Å². The lowest BCUT2D eigenvalue weighted by Gasteiger charge is -2.26. The highest BCUT2D eigenvalue weighted by Crippen LogP contribution is 2.36. The molecule has 0 spiro atoms. The quantitative estimate of drug-likeness (QED) is 0.570. The Morgan fingerprint density at radius 1 is 1.09 bits per heavy atom. The molecule has 5 rings (SSSR count). The molecule has 0 fully saturated rings. The molecule has 2 aliphatic heterocycles. The van der Waals surface area contributed by atoms with Gasteiger partial charge in [-0.05, 0) is 31.2 Å². The van der Waals surface area contributed by atoms with Crippen LogP contribution in [-0.4, -0.2) is 41.0 Å². The van der Waals surface area contributed by atoms with E-state index in [1.54, 1.807) is 0 Å². The van der Waals surface area contributed by atoms with Gasteiger partial charge in [0.1, 0.15) is 19.0 Å². The normalized spacial score (nSPS) is 16.7. The maximum absolute atomic E-state index is 12.7. The average molecular weight is 452 g/mol. The van der Waals surface area contributed by atoms with Crippen molar-refractivity contribution in [2.24, 2.45) is 0 Å². The summed E-state index contributed by atoms with van der Waals surface area (Å²) in [4.78, 5) is 17.3. The number of imidazole rings is 1. The first-order chi connectivity index (χ1) is 15.7. The SMILES string of the molecule is CCn1c(-c2ccc3c(c2)OCCO3)cnc1SCC(=O)N[C@@H]1CCOc2ccccc21. The highest BCUT2D eigenvalue weighted by molar-refractivity contribution is 7.99. The summed E-state index contributed by atoms with van der Waals surface area (Å²) in [6.07, 6.45) is 2.62. The lowest BCUT2D eigenvalue weighted by molar-refractivity contribution is -0.119. The number of hydrogen-bond donors (Lipinski definition) is 1. The molecule has 8 heteroatoms. The van der Waals surface area contributed by atoms with Crippen molar-refractivity contribution in [2.75, 3.05) is 25.6 Å². The van der Waals surface area contributed by atoms with Crippen LogP contribution in [0.5, 0.6) is 17.2 Å². The number of benzene rings is 2. The van der Waals surface area contributed by atoms with E-state index >= 15 is 0 Å². The fraction of sp³-hybridized carbons (Fsp3) is 0.333. The molecule has 1 amide bonds. The second-order valence-corrected chi connectivity index (χ2v) is 8.55. The van der Waals surface area contributed by atoms with Crippen molar-refractivity contribution in [3.63, 3.8) is 0 Å². The second-order valence-electron chi connectivity index (χ2n) is 7.61. The van der Waals surface area contributed by atoms with Crippen molar-refractivity contribution in [1.29, 1.82) is 0 Å². The molecule has 0 radical (unpaired) electrons. The molecule has 1 N–H and O–H groups in total. The lowest BCUT2D eigenvalue weighted by atomic mass is 10.0. The topological polar surface area (TPSA) is 74.6 Å². The van der Waals surface area contributed by atoms with Gasteiger partial charge in [0.15, 0.2) is 16.7 Å². The second kappa shape index (κ2) is 9.16. The van der Waals surface area contributed by atoms with Gasteiger partial charge in [0.25, 0.3) is 0 Å². The Bertz CT molecular complexity index is 1130. The Labute approximate surface area is 191 Å². The van der Waals surface area contributed by atoms with Crippen molar-refractivity contribution < 1.29 is 19.0 Å². The number of amides is 1. The Morgan fingerprint density at radius 3 is 2.78 bits per heavy atom.